The zero-order valence-electron chi connectivity index (χ0n) is 6.37. The average Bonchev–Trinajstić information content (AvgIpc) is 2.30. The molecule has 0 radical (unpaired) electrons. The Morgan fingerprint density at radius 2 is 2.42 bits per heavy atom. The highest BCUT2D eigenvalue weighted by atomic mass is 79.9. The van der Waals surface area contributed by atoms with Crippen LogP contribution in [0, 0.1) is 6.92 Å². The van der Waals surface area contributed by atoms with Gasteiger partial charge in [0, 0.05) is 0 Å². The third kappa shape index (κ3) is 1.67. The Morgan fingerprint density at radius 1 is 1.83 bits per heavy atom. The SMILES string of the molecule is Cc1oc(C(N)C(=O)O)cc1Br. The van der Waals surface area contributed by atoms with E-state index < -0.39 is 12.0 Å². The monoisotopic (exact) mass is 233 g/mol. The average molecular weight is 234 g/mol. The van der Waals surface area contributed by atoms with Gasteiger partial charge in [-0.15, -0.1) is 0 Å². The molecule has 0 aliphatic rings. The van der Waals surface area contributed by atoms with Crippen molar-refractivity contribution in [3.63, 3.8) is 0 Å². The Morgan fingerprint density at radius 3 is 2.75 bits per heavy atom. The van der Waals surface area contributed by atoms with Crippen molar-refractivity contribution in [3.05, 3.63) is 22.1 Å². The van der Waals surface area contributed by atoms with Gasteiger partial charge < -0.3 is 15.3 Å². The lowest BCUT2D eigenvalue weighted by Gasteiger charge is -1.99. The molecule has 1 aromatic rings. The lowest BCUT2D eigenvalue weighted by atomic mass is 10.2. The Hall–Kier alpha value is -0.810. The fourth-order valence-electron chi connectivity index (χ4n) is 0.756. The van der Waals surface area contributed by atoms with Gasteiger partial charge in [-0.1, -0.05) is 0 Å². The van der Waals surface area contributed by atoms with Crippen molar-refractivity contribution in [2.24, 2.45) is 5.73 Å². The van der Waals surface area contributed by atoms with Gasteiger partial charge in [-0.3, -0.25) is 4.79 Å². The van der Waals surface area contributed by atoms with Gasteiger partial charge in [0.05, 0.1) is 4.47 Å². The first-order valence-corrected chi connectivity index (χ1v) is 4.06. The molecule has 0 saturated heterocycles. The lowest BCUT2D eigenvalue weighted by Crippen LogP contribution is -2.19. The van der Waals surface area contributed by atoms with Crippen molar-refractivity contribution in [2.75, 3.05) is 0 Å². The smallest absolute Gasteiger partial charge is 0.328 e. The van der Waals surface area contributed by atoms with Gasteiger partial charge in [-0.05, 0) is 28.9 Å². The molecule has 4 nitrogen and oxygen atoms in total. The maximum absolute atomic E-state index is 10.4. The van der Waals surface area contributed by atoms with Crippen LogP contribution in [0.2, 0.25) is 0 Å². The standard InChI is InChI=1S/C7H8BrNO3/c1-3-4(8)2-5(12-3)6(9)7(10)11/h2,6H,9H2,1H3,(H,10,11). The van der Waals surface area contributed by atoms with Crippen LogP contribution < -0.4 is 5.73 Å². The molecule has 1 heterocycles. The van der Waals surface area contributed by atoms with Crippen LogP contribution in [-0.4, -0.2) is 11.1 Å². The summed E-state index contributed by atoms with van der Waals surface area (Å²) in [6, 6.07) is 0.476. The molecular weight excluding hydrogens is 226 g/mol. The second-order valence-corrected chi connectivity index (χ2v) is 3.22. The molecule has 0 aliphatic carbocycles. The third-order valence-electron chi connectivity index (χ3n) is 1.45. The predicted molar refractivity (Wildman–Crippen MR) is 45.7 cm³/mol. The molecule has 3 N–H and O–H groups in total. The largest absolute Gasteiger partial charge is 0.480 e. The molecule has 1 atom stereocenters. The van der Waals surface area contributed by atoms with Crippen LogP contribution in [0.15, 0.2) is 15.0 Å². The number of halogens is 1. The second kappa shape index (κ2) is 3.28. The molecule has 0 aliphatic heterocycles. The molecule has 12 heavy (non-hydrogen) atoms. The first kappa shape index (κ1) is 9.28. The third-order valence-corrected chi connectivity index (χ3v) is 2.24. The quantitative estimate of drug-likeness (QED) is 0.811. The van der Waals surface area contributed by atoms with E-state index in [2.05, 4.69) is 15.9 Å². The van der Waals surface area contributed by atoms with Gasteiger partial charge in [0.25, 0.3) is 0 Å². The number of carboxylic acid groups (broad SMARTS) is 1. The molecule has 1 rings (SSSR count). The molecule has 0 spiro atoms. The summed E-state index contributed by atoms with van der Waals surface area (Å²) in [6.07, 6.45) is 0. The first-order chi connectivity index (χ1) is 5.52. The van der Waals surface area contributed by atoms with Crippen LogP contribution in [0.5, 0.6) is 0 Å². The van der Waals surface area contributed by atoms with Crippen LogP contribution in [0.3, 0.4) is 0 Å². The van der Waals surface area contributed by atoms with E-state index in [0.29, 0.717) is 5.76 Å². The highest BCUT2D eigenvalue weighted by molar-refractivity contribution is 9.10. The van der Waals surface area contributed by atoms with Crippen molar-refractivity contribution in [2.45, 2.75) is 13.0 Å². The van der Waals surface area contributed by atoms with Crippen molar-refractivity contribution >= 4 is 21.9 Å². The van der Waals surface area contributed by atoms with Crippen LogP contribution in [0.4, 0.5) is 0 Å². The van der Waals surface area contributed by atoms with E-state index in [-0.39, 0.29) is 5.76 Å². The summed E-state index contributed by atoms with van der Waals surface area (Å²) in [5, 5.41) is 8.54. The van der Waals surface area contributed by atoms with Crippen LogP contribution in [0.1, 0.15) is 17.6 Å². The van der Waals surface area contributed by atoms with Gasteiger partial charge in [-0.2, -0.15) is 0 Å². The molecule has 0 amide bonds. The van der Waals surface area contributed by atoms with Crippen LogP contribution >= 0.6 is 15.9 Å². The Balaban J connectivity index is 2.96. The molecular formula is C7H8BrNO3. The summed E-state index contributed by atoms with van der Waals surface area (Å²) >= 11 is 3.19. The number of nitrogens with two attached hydrogens (primary N) is 1. The summed E-state index contributed by atoms with van der Waals surface area (Å²) in [7, 11) is 0. The van der Waals surface area contributed by atoms with E-state index in [1.165, 1.54) is 0 Å². The summed E-state index contributed by atoms with van der Waals surface area (Å²) in [5.41, 5.74) is 5.31. The van der Waals surface area contributed by atoms with Crippen LogP contribution in [0.25, 0.3) is 0 Å². The fourth-order valence-corrected chi connectivity index (χ4v) is 1.06. The first-order valence-electron chi connectivity index (χ1n) is 3.26. The number of rotatable bonds is 2. The molecule has 0 saturated carbocycles. The maximum Gasteiger partial charge on any atom is 0.328 e. The highest BCUT2D eigenvalue weighted by Crippen LogP contribution is 2.23. The molecule has 0 bridgehead atoms. The molecule has 0 fully saturated rings. The van der Waals surface area contributed by atoms with E-state index in [9.17, 15) is 4.79 Å². The minimum absolute atomic E-state index is 0.256. The molecule has 5 heteroatoms. The number of carboxylic acids is 1. The van der Waals surface area contributed by atoms with Crippen molar-refractivity contribution in [3.8, 4) is 0 Å². The fraction of sp³-hybridized carbons (Fsp3) is 0.286. The number of hydrogen-bond donors (Lipinski definition) is 2. The number of aliphatic carboxylic acids is 1. The van der Waals surface area contributed by atoms with E-state index in [1.54, 1.807) is 13.0 Å². The van der Waals surface area contributed by atoms with Crippen LogP contribution in [-0.2, 0) is 4.79 Å². The highest BCUT2D eigenvalue weighted by Gasteiger charge is 2.19. The van der Waals surface area contributed by atoms with E-state index in [4.69, 9.17) is 15.3 Å². The molecule has 1 unspecified atom stereocenters. The minimum Gasteiger partial charge on any atom is -0.480 e. The van der Waals surface area contributed by atoms with Crippen molar-refractivity contribution in [1.82, 2.24) is 0 Å². The van der Waals surface area contributed by atoms with E-state index >= 15 is 0 Å². The number of furan rings is 1. The summed E-state index contributed by atoms with van der Waals surface area (Å²) < 4.78 is 5.82. The summed E-state index contributed by atoms with van der Waals surface area (Å²) in [6.45, 7) is 1.72. The Kier molecular flexibility index (Phi) is 2.54. The van der Waals surface area contributed by atoms with Gasteiger partial charge in [0.1, 0.15) is 11.5 Å². The Bertz CT molecular complexity index is 288. The molecule has 1 aromatic heterocycles. The van der Waals surface area contributed by atoms with E-state index in [1.807, 2.05) is 0 Å². The van der Waals surface area contributed by atoms with Crippen molar-refractivity contribution in [1.29, 1.82) is 0 Å². The normalized spacial score (nSPS) is 12.9. The maximum atomic E-state index is 10.4. The lowest BCUT2D eigenvalue weighted by molar-refractivity contribution is -0.139. The number of carbonyl (C=O) groups is 1. The second-order valence-electron chi connectivity index (χ2n) is 2.37. The summed E-state index contributed by atoms with van der Waals surface area (Å²) in [4.78, 5) is 10.4. The van der Waals surface area contributed by atoms with Gasteiger partial charge in [0.15, 0.2) is 6.04 Å². The van der Waals surface area contributed by atoms with Gasteiger partial charge in [-0.25, -0.2) is 0 Å². The minimum atomic E-state index is -1.10. The van der Waals surface area contributed by atoms with Gasteiger partial charge in [0.2, 0.25) is 0 Å². The topological polar surface area (TPSA) is 76.5 Å². The summed E-state index contributed by atoms with van der Waals surface area (Å²) in [5.74, 6) is -0.218. The van der Waals surface area contributed by atoms with Crippen molar-refractivity contribution < 1.29 is 14.3 Å². The molecule has 66 valence electrons. The zero-order chi connectivity index (χ0) is 9.30. The molecule has 0 aromatic carbocycles. The zero-order valence-corrected chi connectivity index (χ0v) is 7.96. The number of aryl methyl sites for hydroxylation is 1. The van der Waals surface area contributed by atoms with E-state index in [0.717, 1.165) is 4.47 Å². The Labute approximate surface area is 77.5 Å². The predicted octanol–water partition coefficient (Wildman–Crippen LogP) is 1.43. The number of hydrogen-bond acceptors (Lipinski definition) is 3. The van der Waals surface area contributed by atoms with Gasteiger partial charge >= 0.3 is 5.97 Å².